The molecule has 1 aliphatic rings. The van der Waals surface area contributed by atoms with E-state index in [4.69, 9.17) is 11.6 Å². The van der Waals surface area contributed by atoms with Crippen LogP contribution in [0.5, 0.6) is 0 Å². The molecule has 3 N–H and O–H groups in total. The molecule has 3 heterocycles. The normalized spacial score (nSPS) is 14.6. The number of aromatic nitrogens is 3. The minimum Gasteiger partial charge on any atom is -0.338 e. The Morgan fingerprint density at radius 1 is 1.07 bits per heavy atom. The van der Waals surface area contributed by atoms with Crippen LogP contribution in [0, 0.1) is 13.8 Å². The largest absolute Gasteiger partial charge is 0.338 e. The Labute approximate surface area is 176 Å². The van der Waals surface area contributed by atoms with E-state index in [1.807, 2.05) is 12.1 Å². The van der Waals surface area contributed by atoms with Crippen molar-refractivity contribution in [1.82, 2.24) is 20.3 Å². The summed E-state index contributed by atoms with van der Waals surface area (Å²) >= 11 is 6.27. The lowest BCUT2D eigenvalue weighted by Crippen LogP contribution is -2.27. The number of aryl methyl sites for hydroxylation is 2. The van der Waals surface area contributed by atoms with E-state index < -0.39 is 0 Å². The van der Waals surface area contributed by atoms with E-state index in [1.54, 1.807) is 18.6 Å². The fourth-order valence-corrected chi connectivity index (χ4v) is 3.89. The third-order valence-corrected chi connectivity index (χ3v) is 5.58. The van der Waals surface area contributed by atoms with Gasteiger partial charge >= 0.3 is 0 Å². The molecule has 29 heavy (non-hydrogen) atoms. The van der Waals surface area contributed by atoms with Crippen molar-refractivity contribution in [2.24, 2.45) is 0 Å². The lowest BCUT2D eigenvalue weighted by molar-refractivity contribution is 0.459. The summed E-state index contributed by atoms with van der Waals surface area (Å²) in [4.78, 5) is 13.0. The molecule has 1 aromatic carbocycles. The van der Waals surface area contributed by atoms with Crippen LogP contribution in [0.3, 0.4) is 0 Å². The van der Waals surface area contributed by atoms with Gasteiger partial charge in [-0.1, -0.05) is 17.7 Å². The third-order valence-electron chi connectivity index (χ3n) is 5.31. The Kier molecular flexibility index (Phi) is 5.92. The minimum absolute atomic E-state index is 0.452. The van der Waals surface area contributed by atoms with E-state index in [0.717, 1.165) is 24.5 Å². The minimum atomic E-state index is 0.452. The number of nitrogens with one attached hydrogen (secondary N) is 3. The van der Waals surface area contributed by atoms with Crippen LogP contribution >= 0.6 is 11.6 Å². The van der Waals surface area contributed by atoms with Gasteiger partial charge in [-0.05, 0) is 80.6 Å². The van der Waals surface area contributed by atoms with Crippen LogP contribution in [0.1, 0.15) is 35.4 Å². The molecular weight excluding hydrogens is 384 g/mol. The maximum Gasteiger partial charge on any atom is 0.229 e. The van der Waals surface area contributed by atoms with Gasteiger partial charge in [0.1, 0.15) is 5.02 Å². The number of anilines is 4. The second kappa shape index (κ2) is 8.76. The van der Waals surface area contributed by atoms with Crippen LogP contribution in [-0.2, 0) is 0 Å². The fraction of sp³-hybridized carbons (Fsp3) is 0.318. The molecule has 150 valence electrons. The number of hydrogen-bond acceptors (Lipinski definition) is 6. The van der Waals surface area contributed by atoms with E-state index in [2.05, 4.69) is 56.9 Å². The molecule has 3 aromatic rings. The quantitative estimate of drug-likeness (QED) is 0.545. The van der Waals surface area contributed by atoms with Crippen molar-refractivity contribution >= 4 is 34.7 Å². The Morgan fingerprint density at radius 2 is 1.90 bits per heavy atom. The van der Waals surface area contributed by atoms with Gasteiger partial charge < -0.3 is 16.0 Å². The number of hydrogen-bond donors (Lipinski definition) is 3. The van der Waals surface area contributed by atoms with E-state index >= 15 is 0 Å². The standard InChI is InChI=1S/C22H25ClN6/c1-14-11-20(15(2)10-18(14)16-5-8-24-9-6-16)28-22-26-13-19(23)21(29-22)27-17-4-3-7-25-12-17/h3-4,7,10-13,16,24H,5-6,8-9H2,1-2H3,(H2,26,27,28,29). The van der Waals surface area contributed by atoms with E-state index in [1.165, 1.54) is 29.5 Å². The SMILES string of the molecule is Cc1cc(C2CCNCC2)c(C)cc1Nc1ncc(Cl)c(Nc2cccnc2)n1. The summed E-state index contributed by atoms with van der Waals surface area (Å²) in [5.74, 6) is 1.67. The van der Waals surface area contributed by atoms with Gasteiger partial charge in [-0.15, -0.1) is 0 Å². The average molecular weight is 409 g/mol. The van der Waals surface area contributed by atoms with Gasteiger partial charge in [0, 0.05) is 11.9 Å². The number of rotatable bonds is 5. The summed E-state index contributed by atoms with van der Waals surface area (Å²) in [6, 6.07) is 8.26. The molecule has 0 aliphatic carbocycles. The summed E-state index contributed by atoms with van der Waals surface area (Å²) < 4.78 is 0. The monoisotopic (exact) mass is 408 g/mol. The Bertz CT molecular complexity index is 986. The van der Waals surface area contributed by atoms with Crippen LogP contribution in [0.15, 0.2) is 42.9 Å². The summed E-state index contributed by atoms with van der Waals surface area (Å²) in [5.41, 5.74) is 5.76. The molecule has 7 heteroatoms. The highest BCUT2D eigenvalue weighted by Gasteiger charge is 2.18. The van der Waals surface area contributed by atoms with Gasteiger partial charge in [-0.2, -0.15) is 4.98 Å². The molecule has 1 saturated heterocycles. The zero-order valence-electron chi connectivity index (χ0n) is 16.7. The average Bonchev–Trinajstić information content (AvgIpc) is 2.74. The van der Waals surface area contributed by atoms with Gasteiger partial charge in [0.25, 0.3) is 0 Å². The number of piperidine rings is 1. The van der Waals surface area contributed by atoms with Crippen LogP contribution in [0.2, 0.25) is 5.02 Å². The van der Waals surface area contributed by atoms with Crippen LogP contribution in [-0.4, -0.2) is 28.0 Å². The van der Waals surface area contributed by atoms with Crippen molar-refractivity contribution in [1.29, 1.82) is 0 Å². The second-order valence-corrected chi connectivity index (χ2v) is 7.84. The summed E-state index contributed by atoms with van der Waals surface area (Å²) in [6.45, 7) is 6.49. The first-order valence-electron chi connectivity index (χ1n) is 9.88. The smallest absolute Gasteiger partial charge is 0.229 e. The van der Waals surface area contributed by atoms with Gasteiger partial charge in [0.05, 0.1) is 18.1 Å². The molecule has 4 rings (SSSR count). The molecular formula is C22H25ClN6. The summed E-state index contributed by atoms with van der Waals surface area (Å²) in [7, 11) is 0. The lowest BCUT2D eigenvalue weighted by atomic mass is 9.86. The van der Waals surface area contributed by atoms with Crippen LogP contribution in [0.25, 0.3) is 0 Å². The predicted molar refractivity (Wildman–Crippen MR) is 119 cm³/mol. The number of halogens is 1. The topological polar surface area (TPSA) is 74.8 Å². The zero-order valence-corrected chi connectivity index (χ0v) is 17.4. The highest BCUT2D eigenvalue weighted by molar-refractivity contribution is 6.32. The molecule has 0 amide bonds. The number of benzene rings is 1. The number of pyridine rings is 1. The van der Waals surface area contributed by atoms with Crippen molar-refractivity contribution in [2.45, 2.75) is 32.6 Å². The van der Waals surface area contributed by atoms with Crippen LogP contribution in [0.4, 0.5) is 23.1 Å². The molecule has 0 saturated carbocycles. The van der Waals surface area contributed by atoms with Crippen LogP contribution < -0.4 is 16.0 Å². The predicted octanol–water partition coefficient (Wildman–Crippen LogP) is 5.10. The summed E-state index contributed by atoms with van der Waals surface area (Å²) in [6.07, 6.45) is 7.42. The van der Waals surface area contributed by atoms with Gasteiger partial charge in [-0.25, -0.2) is 4.98 Å². The van der Waals surface area contributed by atoms with E-state index in [0.29, 0.717) is 22.7 Å². The first-order chi connectivity index (χ1) is 14.1. The van der Waals surface area contributed by atoms with Crippen molar-refractivity contribution in [3.63, 3.8) is 0 Å². The lowest BCUT2D eigenvalue weighted by Gasteiger charge is -2.25. The Morgan fingerprint density at radius 3 is 2.66 bits per heavy atom. The third kappa shape index (κ3) is 4.66. The maximum absolute atomic E-state index is 6.27. The fourth-order valence-electron chi connectivity index (χ4n) is 3.75. The van der Waals surface area contributed by atoms with Gasteiger partial charge in [0.15, 0.2) is 5.82 Å². The first kappa shape index (κ1) is 19.6. The van der Waals surface area contributed by atoms with Crippen molar-refractivity contribution < 1.29 is 0 Å². The Hall–Kier alpha value is -2.70. The zero-order chi connectivity index (χ0) is 20.2. The second-order valence-electron chi connectivity index (χ2n) is 7.43. The van der Waals surface area contributed by atoms with Gasteiger partial charge in [0.2, 0.25) is 5.95 Å². The molecule has 1 aliphatic heterocycles. The molecule has 0 atom stereocenters. The number of nitrogens with zero attached hydrogens (tertiary/aromatic N) is 3. The molecule has 1 fully saturated rings. The first-order valence-corrected chi connectivity index (χ1v) is 10.3. The highest BCUT2D eigenvalue weighted by atomic mass is 35.5. The maximum atomic E-state index is 6.27. The van der Waals surface area contributed by atoms with E-state index in [9.17, 15) is 0 Å². The molecule has 0 bridgehead atoms. The molecule has 0 radical (unpaired) electrons. The molecule has 2 aromatic heterocycles. The highest BCUT2D eigenvalue weighted by Crippen LogP contribution is 2.32. The molecule has 0 unspecified atom stereocenters. The Balaban J connectivity index is 1.56. The molecule has 0 spiro atoms. The van der Waals surface area contributed by atoms with E-state index in [-0.39, 0.29) is 0 Å². The molecule has 6 nitrogen and oxygen atoms in total. The van der Waals surface area contributed by atoms with Crippen molar-refractivity contribution in [2.75, 3.05) is 23.7 Å². The summed E-state index contributed by atoms with van der Waals surface area (Å²) in [5, 5.41) is 10.4. The van der Waals surface area contributed by atoms with Crippen molar-refractivity contribution in [3.8, 4) is 0 Å². The van der Waals surface area contributed by atoms with Gasteiger partial charge in [-0.3, -0.25) is 4.98 Å². The van der Waals surface area contributed by atoms with Crippen molar-refractivity contribution in [3.05, 3.63) is 64.6 Å².